The number of hydrogen-bond donors (Lipinski definition) is 0. The molecular formula is C11H13ClN2OS. The Morgan fingerprint density at radius 1 is 1.69 bits per heavy atom. The number of aromatic nitrogens is 1. The molecule has 0 amide bonds. The molecule has 0 saturated heterocycles. The first-order chi connectivity index (χ1) is 7.72. The Kier molecular flexibility index (Phi) is 3.61. The quantitative estimate of drug-likeness (QED) is 0.598. The molecule has 0 N–H and O–H groups in total. The predicted molar refractivity (Wildman–Crippen MR) is 68.3 cm³/mol. The lowest BCUT2D eigenvalue weighted by Crippen LogP contribution is -2.33. The Hall–Kier alpha value is -0.870. The Morgan fingerprint density at radius 3 is 3.25 bits per heavy atom. The Labute approximate surface area is 105 Å². The number of pyridine rings is 1. The molecule has 1 aromatic heterocycles. The molecule has 0 radical (unpaired) electrons. The van der Waals surface area contributed by atoms with Crippen molar-refractivity contribution in [1.29, 1.82) is 0 Å². The topological polar surface area (TPSA) is 25.4 Å². The van der Waals surface area contributed by atoms with Crippen LogP contribution in [-0.2, 0) is 0 Å². The zero-order valence-electron chi connectivity index (χ0n) is 9.02. The summed E-state index contributed by atoms with van der Waals surface area (Å²) in [5.74, 6) is 1.19. The fraction of sp³-hybridized carbons (Fsp3) is 0.455. The summed E-state index contributed by atoms with van der Waals surface area (Å²) in [6, 6.07) is 3.80. The van der Waals surface area contributed by atoms with Gasteiger partial charge in [-0.15, -0.1) is 11.6 Å². The maximum absolute atomic E-state index is 5.81. The number of hydrogen-bond acceptors (Lipinski definition) is 3. The largest absolute Gasteiger partial charge is 0.472 e. The average molecular weight is 257 g/mol. The first-order valence-corrected chi connectivity index (χ1v) is 6.09. The minimum Gasteiger partial charge on any atom is -0.472 e. The van der Waals surface area contributed by atoms with Crippen LogP contribution in [0, 0.1) is 0 Å². The van der Waals surface area contributed by atoms with Gasteiger partial charge >= 0.3 is 0 Å². The molecule has 0 aromatic carbocycles. The molecule has 16 heavy (non-hydrogen) atoms. The van der Waals surface area contributed by atoms with Crippen molar-refractivity contribution in [3.63, 3.8) is 0 Å². The van der Waals surface area contributed by atoms with Crippen molar-refractivity contribution in [1.82, 2.24) is 9.88 Å². The predicted octanol–water partition coefficient (Wildman–Crippen LogP) is 2.08. The summed E-state index contributed by atoms with van der Waals surface area (Å²) >= 11 is 11.1. The van der Waals surface area contributed by atoms with Crippen molar-refractivity contribution in [2.45, 2.75) is 12.5 Å². The van der Waals surface area contributed by atoms with Gasteiger partial charge in [-0.25, -0.2) is 4.98 Å². The first kappa shape index (κ1) is 11.6. The highest BCUT2D eigenvalue weighted by Crippen LogP contribution is 2.23. The van der Waals surface area contributed by atoms with Gasteiger partial charge in [-0.1, -0.05) is 12.2 Å². The van der Waals surface area contributed by atoms with Crippen molar-refractivity contribution in [3.05, 3.63) is 23.9 Å². The Bertz CT molecular complexity index is 399. The second kappa shape index (κ2) is 4.97. The fourth-order valence-electron chi connectivity index (χ4n) is 1.71. The van der Waals surface area contributed by atoms with E-state index in [1.807, 2.05) is 24.1 Å². The molecule has 0 fully saturated rings. The molecule has 3 nitrogen and oxygen atoms in total. The SMILES string of the molecule is CN1C[C@H](CCCl)Oc2ncccc2C1=S. The summed E-state index contributed by atoms with van der Waals surface area (Å²) in [5.41, 5.74) is 0.886. The first-order valence-electron chi connectivity index (χ1n) is 5.15. The summed E-state index contributed by atoms with van der Waals surface area (Å²) in [7, 11) is 1.97. The van der Waals surface area contributed by atoms with Gasteiger partial charge in [0.05, 0.1) is 12.1 Å². The van der Waals surface area contributed by atoms with E-state index in [0.29, 0.717) is 11.8 Å². The van der Waals surface area contributed by atoms with Gasteiger partial charge in [0.25, 0.3) is 0 Å². The number of halogens is 1. The molecule has 0 aliphatic carbocycles. The molecule has 0 bridgehead atoms. The number of nitrogens with zero attached hydrogens (tertiary/aromatic N) is 2. The maximum Gasteiger partial charge on any atom is 0.224 e. The van der Waals surface area contributed by atoms with E-state index in [9.17, 15) is 0 Å². The molecule has 1 aliphatic rings. The number of likely N-dealkylation sites (N-methyl/N-ethyl adjacent to an activating group) is 1. The highest BCUT2D eigenvalue weighted by atomic mass is 35.5. The minimum absolute atomic E-state index is 0.0524. The van der Waals surface area contributed by atoms with Crippen LogP contribution in [0.4, 0.5) is 0 Å². The van der Waals surface area contributed by atoms with Gasteiger partial charge in [-0.2, -0.15) is 0 Å². The van der Waals surface area contributed by atoms with Crippen molar-refractivity contribution < 1.29 is 4.74 Å². The molecule has 1 aliphatic heterocycles. The van der Waals surface area contributed by atoms with Crippen LogP contribution < -0.4 is 4.74 Å². The van der Waals surface area contributed by atoms with Gasteiger partial charge in [0, 0.05) is 19.1 Å². The summed E-state index contributed by atoms with van der Waals surface area (Å²) < 4.78 is 5.81. The average Bonchev–Trinajstić information content (AvgIpc) is 2.39. The molecule has 0 spiro atoms. The second-order valence-electron chi connectivity index (χ2n) is 3.76. The molecule has 1 aromatic rings. The van der Waals surface area contributed by atoms with Gasteiger partial charge in [0.15, 0.2) is 0 Å². The van der Waals surface area contributed by atoms with E-state index in [0.717, 1.165) is 23.5 Å². The van der Waals surface area contributed by atoms with E-state index in [1.54, 1.807) is 6.20 Å². The van der Waals surface area contributed by atoms with Crippen LogP contribution in [0.15, 0.2) is 18.3 Å². The smallest absolute Gasteiger partial charge is 0.224 e. The zero-order chi connectivity index (χ0) is 11.5. The lowest BCUT2D eigenvalue weighted by atomic mass is 10.2. The summed E-state index contributed by atoms with van der Waals surface area (Å²) in [6.07, 6.45) is 2.56. The van der Waals surface area contributed by atoms with Crippen LogP contribution in [-0.4, -0.2) is 40.4 Å². The van der Waals surface area contributed by atoms with E-state index < -0.39 is 0 Å². The Balaban J connectivity index is 2.32. The van der Waals surface area contributed by atoms with Gasteiger partial charge < -0.3 is 9.64 Å². The van der Waals surface area contributed by atoms with Gasteiger partial charge in [-0.05, 0) is 18.6 Å². The third kappa shape index (κ3) is 2.28. The van der Waals surface area contributed by atoms with Gasteiger partial charge in [0.2, 0.25) is 5.88 Å². The molecule has 2 heterocycles. The third-order valence-corrected chi connectivity index (χ3v) is 3.28. The number of thiocarbonyl (C=S) groups is 1. The molecule has 5 heteroatoms. The maximum atomic E-state index is 5.81. The van der Waals surface area contributed by atoms with Crippen LogP contribution in [0.3, 0.4) is 0 Å². The van der Waals surface area contributed by atoms with Crippen LogP contribution in [0.1, 0.15) is 12.0 Å². The standard InChI is InChI=1S/C11H13ClN2OS/c1-14-7-8(4-5-12)15-10-9(11(14)16)3-2-6-13-10/h2-3,6,8H,4-5,7H2,1H3/t8-/m0/s1. The van der Waals surface area contributed by atoms with E-state index >= 15 is 0 Å². The monoisotopic (exact) mass is 256 g/mol. The number of ether oxygens (including phenoxy) is 1. The molecule has 2 rings (SSSR count). The molecule has 0 saturated carbocycles. The lowest BCUT2D eigenvalue weighted by Gasteiger charge is -2.20. The van der Waals surface area contributed by atoms with Crippen molar-refractivity contribution >= 4 is 28.8 Å². The second-order valence-corrected chi connectivity index (χ2v) is 4.52. The number of alkyl halides is 1. The number of fused-ring (bicyclic) bond motifs is 1. The van der Waals surface area contributed by atoms with Crippen molar-refractivity contribution in [2.75, 3.05) is 19.5 Å². The molecule has 86 valence electrons. The highest BCUT2D eigenvalue weighted by Gasteiger charge is 2.24. The van der Waals surface area contributed by atoms with Gasteiger partial charge in [0.1, 0.15) is 11.1 Å². The van der Waals surface area contributed by atoms with Crippen LogP contribution in [0.5, 0.6) is 5.88 Å². The van der Waals surface area contributed by atoms with E-state index in [4.69, 9.17) is 28.6 Å². The lowest BCUT2D eigenvalue weighted by molar-refractivity contribution is 0.172. The zero-order valence-corrected chi connectivity index (χ0v) is 10.6. The Morgan fingerprint density at radius 2 is 2.50 bits per heavy atom. The highest BCUT2D eigenvalue weighted by molar-refractivity contribution is 7.80. The minimum atomic E-state index is 0.0524. The van der Waals surface area contributed by atoms with Crippen LogP contribution in [0.2, 0.25) is 0 Å². The molecule has 0 unspecified atom stereocenters. The molecular weight excluding hydrogens is 244 g/mol. The fourth-order valence-corrected chi connectivity index (χ4v) is 2.18. The normalized spacial score (nSPS) is 20.0. The van der Waals surface area contributed by atoms with Crippen molar-refractivity contribution in [3.8, 4) is 5.88 Å². The van der Waals surface area contributed by atoms with Crippen LogP contribution in [0.25, 0.3) is 0 Å². The summed E-state index contributed by atoms with van der Waals surface area (Å²) in [4.78, 5) is 7.01. The van der Waals surface area contributed by atoms with E-state index in [2.05, 4.69) is 4.98 Å². The van der Waals surface area contributed by atoms with E-state index in [-0.39, 0.29) is 6.10 Å². The van der Waals surface area contributed by atoms with Crippen LogP contribution >= 0.6 is 23.8 Å². The van der Waals surface area contributed by atoms with E-state index in [1.165, 1.54) is 0 Å². The van der Waals surface area contributed by atoms with Crippen molar-refractivity contribution in [2.24, 2.45) is 0 Å². The summed E-state index contributed by atoms with van der Waals surface area (Å²) in [5, 5.41) is 0. The van der Waals surface area contributed by atoms with Gasteiger partial charge in [-0.3, -0.25) is 0 Å². The summed E-state index contributed by atoms with van der Waals surface area (Å²) in [6.45, 7) is 0.752. The number of rotatable bonds is 2. The molecule has 1 atom stereocenters. The third-order valence-electron chi connectivity index (χ3n) is 2.54.